The third-order valence-electron chi connectivity index (χ3n) is 4.52. The molecule has 1 atom stereocenters. The second kappa shape index (κ2) is 7.04. The first-order chi connectivity index (χ1) is 12.4. The number of benzene rings is 1. The van der Waals surface area contributed by atoms with E-state index in [2.05, 4.69) is 0 Å². The highest BCUT2D eigenvalue weighted by atomic mass is 16.5. The van der Waals surface area contributed by atoms with Gasteiger partial charge in [0.2, 0.25) is 5.78 Å². The number of Topliss-reactive ketones (excluding diaryl/α,β-unsaturated/α-hetero) is 1. The van der Waals surface area contributed by atoms with Crippen molar-refractivity contribution in [1.82, 2.24) is 9.13 Å². The van der Waals surface area contributed by atoms with Crippen molar-refractivity contribution in [3.05, 3.63) is 77.4 Å². The molecule has 0 spiro atoms. The van der Waals surface area contributed by atoms with Gasteiger partial charge >= 0.3 is 5.97 Å². The van der Waals surface area contributed by atoms with Gasteiger partial charge in [0, 0.05) is 35.9 Å². The zero-order chi connectivity index (χ0) is 18.8. The predicted octanol–water partition coefficient (Wildman–Crippen LogP) is 3.86. The Bertz CT molecular complexity index is 951. The van der Waals surface area contributed by atoms with Gasteiger partial charge in [-0.25, -0.2) is 4.79 Å². The largest absolute Gasteiger partial charge is 0.450 e. The minimum atomic E-state index is -0.859. The van der Waals surface area contributed by atoms with Gasteiger partial charge in [-0.15, -0.1) is 0 Å². The Kier molecular flexibility index (Phi) is 4.80. The lowest BCUT2D eigenvalue weighted by Crippen LogP contribution is -2.25. The fraction of sp³-hybridized carbons (Fsp3) is 0.238. The van der Waals surface area contributed by atoms with Gasteiger partial charge in [0.1, 0.15) is 5.69 Å². The van der Waals surface area contributed by atoms with Crippen molar-refractivity contribution in [3.8, 4) is 5.69 Å². The van der Waals surface area contributed by atoms with E-state index >= 15 is 0 Å². The number of rotatable bonds is 5. The molecule has 0 amide bonds. The van der Waals surface area contributed by atoms with E-state index in [0.717, 1.165) is 17.1 Å². The molecular weight excluding hydrogens is 328 g/mol. The van der Waals surface area contributed by atoms with Crippen LogP contribution in [0, 0.1) is 13.8 Å². The lowest BCUT2D eigenvalue weighted by atomic mass is 10.1. The summed E-state index contributed by atoms with van der Waals surface area (Å²) in [5.41, 5.74) is 3.77. The van der Waals surface area contributed by atoms with E-state index in [1.165, 1.54) is 0 Å². The highest BCUT2D eigenvalue weighted by molar-refractivity contribution is 6.02. The Morgan fingerprint density at radius 1 is 1.04 bits per heavy atom. The van der Waals surface area contributed by atoms with Crippen molar-refractivity contribution in [2.75, 3.05) is 0 Å². The minimum Gasteiger partial charge on any atom is -0.450 e. The molecule has 0 radical (unpaired) electrons. The molecule has 26 heavy (non-hydrogen) atoms. The number of aromatic nitrogens is 2. The maximum absolute atomic E-state index is 12.9. The second-order valence-corrected chi connectivity index (χ2v) is 6.37. The highest BCUT2D eigenvalue weighted by Gasteiger charge is 2.25. The molecule has 1 aromatic carbocycles. The first-order valence-corrected chi connectivity index (χ1v) is 8.51. The van der Waals surface area contributed by atoms with Crippen molar-refractivity contribution < 1.29 is 14.3 Å². The van der Waals surface area contributed by atoms with Gasteiger partial charge in [0.15, 0.2) is 6.10 Å². The monoisotopic (exact) mass is 350 g/mol. The molecule has 0 saturated heterocycles. The Hall–Kier alpha value is -3.08. The fourth-order valence-electron chi connectivity index (χ4n) is 3.15. The molecular formula is C21H22N2O3. The topological polar surface area (TPSA) is 53.2 Å². The van der Waals surface area contributed by atoms with E-state index < -0.39 is 12.1 Å². The molecule has 5 heteroatoms. The van der Waals surface area contributed by atoms with Crippen LogP contribution >= 0.6 is 0 Å². The minimum absolute atomic E-state index is 0.206. The number of carbonyl (C=O) groups excluding carboxylic acids is 2. The molecule has 5 nitrogen and oxygen atoms in total. The number of carbonyl (C=O) groups is 2. The lowest BCUT2D eigenvalue weighted by molar-refractivity contribution is 0.0309. The van der Waals surface area contributed by atoms with Gasteiger partial charge in [-0.3, -0.25) is 4.79 Å². The summed E-state index contributed by atoms with van der Waals surface area (Å²) in [7, 11) is 1.76. The summed E-state index contributed by atoms with van der Waals surface area (Å²) in [5.74, 6) is -0.710. The molecule has 3 rings (SSSR count). The number of hydrogen-bond donors (Lipinski definition) is 0. The van der Waals surface area contributed by atoms with E-state index in [1.54, 1.807) is 36.9 Å². The van der Waals surface area contributed by atoms with Gasteiger partial charge in [-0.05, 0) is 51.1 Å². The standard InChI is InChI=1S/C21H22N2O3/c1-14-13-18(15(2)23(14)17-9-6-5-7-10-17)20(24)16(3)26-21(25)19-11-8-12-22(19)4/h5-13,16H,1-4H3. The molecule has 0 fully saturated rings. The number of ether oxygens (including phenoxy) is 1. The Labute approximate surface area is 152 Å². The zero-order valence-corrected chi connectivity index (χ0v) is 15.4. The molecule has 0 aliphatic rings. The number of nitrogens with zero attached hydrogens (tertiary/aromatic N) is 2. The van der Waals surface area contributed by atoms with Gasteiger partial charge in [0.25, 0.3) is 0 Å². The third kappa shape index (κ3) is 3.20. The van der Waals surface area contributed by atoms with E-state index in [-0.39, 0.29) is 5.78 Å². The van der Waals surface area contributed by atoms with E-state index in [9.17, 15) is 9.59 Å². The van der Waals surface area contributed by atoms with Crippen molar-refractivity contribution >= 4 is 11.8 Å². The Morgan fingerprint density at radius 3 is 2.35 bits per heavy atom. The van der Waals surface area contributed by atoms with E-state index in [0.29, 0.717) is 11.3 Å². The van der Waals surface area contributed by atoms with Crippen molar-refractivity contribution in [2.24, 2.45) is 7.05 Å². The summed E-state index contributed by atoms with van der Waals surface area (Å²) < 4.78 is 9.08. The maximum Gasteiger partial charge on any atom is 0.355 e. The first kappa shape index (κ1) is 17.7. The molecule has 1 unspecified atom stereocenters. The molecule has 0 bridgehead atoms. The normalized spacial score (nSPS) is 12.0. The van der Waals surface area contributed by atoms with E-state index in [1.807, 2.05) is 54.8 Å². The van der Waals surface area contributed by atoms with Gasteiger partial charge < -0.3 is 13.9 Å². The van der Waals surface area contributed by atoms with Crippen LogP contribution in [-0.4, -0.2) is 27.0 Å². The van der Waals surface area contributed by atoms with Crippen LogP contribution in [-0.2, 0) is 11.8 Å². The van der Waals surface area contributed by atoms with Crippen LogP contribution in [0.2, 0.25) is 0 Å². The van der Waals surface area contributed by atoms with Gasteiger partial charge in [-0.1, -0.05) is 18.2 Å². The summed E-state index contributed by atoms with van der Waals surface area (Å²) in [5, 5.41) is 0. The maximum atomic E-state index is 12.9. The molecule has 2 heterocycles. The van der Waals surface area contributed by atoms with Crippen molar-refractivity contribution in [3.63, 3.8) is 0 Å². The number of hydrogen-bond acceptors (Lipinski definition) is 3. The number of esters is 1. The van der Waals surface area contributed by atoms with Crippen LogP contribution in [0.5, 0.6) is 0 Å². The summed E-state index contributed by atoms with van der Waals surface area (Å²) in [6.07, 6.45) is 0.901. The quantitative estimate of drug-likeness (QED) is 0.519. The van der Waals surface area contributed by atoms with Crippen LogP contribution in [0.3, 0.4) is 0 Å². The van der Waals surface area contributed by atoms with Crippen molar-refractivity contribution in [2.45, 2.75) is 26.9 Å². The molecule has 0 aliphatic carbocycles. The fourth-order valence-corrected chi connectivity index (χ4v) is 3.15. The summed E-state index contributed by atoms with van der Waals surface area (Å²) in [4.78, 5) is 25.1. The van der Waals surface area contributed by atoms with Gasteiger partial charge in [-0.2, -0.15) is 0 Å². The number of ketones is 1. The molecule has 2 aromatic heterocycles. The molecule has 134 valence electrons. The Morgan fingerprint density at radius 2 is 1.73 bits per heavy atom. The smallest absolute Gasteiger partial charge is 0.355 e. The summed E-state index contributed by atoms with van der Waals surface area (Å²) in [6.45, 7) is 5.47. The summed E-state index contributed by atoms with van der Waals surface area (Å²) in [6, 6.07) is 15.1. The van der Waals surface area contributed by atoms with Crippen LogP contribution in [0.15, 0.2) is 54.7 Å². The van der Waals surface area contributed by atoms with Crippen LogP contribution in [0.1, 0.15) is 39.2 Å². The average Bonchev–Trinajstić information content (AvgIpc) is 3.18. The van der Waals surface area contributed by atoms with Crippen molar-refractivity contribution in [1.29, 1.82) is 0 Å². The Balaban J connectivity index is 1.84. The first-order valence-electron chi connectivity index (χ1n) is 8.51. The molecule has 0 saturated carbocycles. The van der Waals surface area contributed by atoms with Crippen LogP contribution < -0.4 is 0 Å². The second-order valence-electron chi connectivity index (χ2n) is 6.37. The predicted molar refractivity (Wildman–Crippen MR) is 99.9 cm³/mol. The zero-order valence-electron chi connectivity index (χ0n) is 15.4. The third-order valence-corrected chi connectivity index (χ3v) is 4.52. The van der Waals surface area contributed by atoms with E-state index in [4.69, 9.17) is 4.74 Å². The number of para-hydroxylation sites is 1. The lowest BCUT2D eigenvalue weighted by Gasteiger charge is -2.13. The SMILES string of the molecule is Cc1cc(C(=O)C(C)OC(=O)c2cccn2C)c(C)n1-c1ccccc1. The highest BCUT2D eigenvalue weighted by Crippen LogP contribution is 2.22. The average molecular weight is 350 g/mol. The van der Waals surface area contributed by atoms with Gasteiger partial charge in [0.05, 0.1) is 0 Å². The number of aryl methyl sites for hydroxylation is 2. The van der Waals surface area contributed by atoms with Crippen LogP contribution in [0.25, 0.3) is 5.69 Å². The molecule has 3 aromatic rings. The van der Waals surface area contributed by atoms with Crippen LogP contribution in [0.4, 0.5) is 0 Å². The summed E-state index contributed by atoms with van der Waals surface area (Å²) >= 11 is 0. The molecule has 0 N–H and O–H groups in total. The molecule has 0 aliphatic heterocycles.